The summed E-state index contributed by atoms with van der Waals surface area (Å²) in [6, 6.07) is 3.29. The highest BCUT2D eigenvalue weighted by molar-refractivity contribution is 14.1. The molecule has 0 aliphatic rings. The first-order valence-electron chi connectivity index (χ1n) is 4.77. The summed E-state index contributed by atoms with van der Waals surface area (Å²) in [5.41, 5.74) is 1.69. The zero-order valence-electron chi connectivity index (χ0n) is 9.07. The lowest BCUT2D eigenvalue weighted by Crippen LogP contribution is -2.08. The minimum Gasteiger partial charge on any atom is -0.481 e. The summed E-state index contributed by atoms with van der Waals surface area (Å²) in [6.45, 7) is 1.75. The average Bonchev–Trinajstić information content (AvgIpc) is 2.14. The number of rotatable bonds is 5. The Hall–Kier alpha value is -1.31. The van der Waals surface area contributed by atoms with E-state index in [4.69, 9.17) is 10.2 Å². The summed E-state index contributed by atoms with van der Waals surface area (Å²) >= 11 is -1.59. The van der Waals surface area contributed by atoms with Gasteiger partial charge in [0.15, 0.2) is 21.2 Å². The molecule has 0 aromatic heterocycles. The highest BCUT2D eigenvalue weighted by Gasteiger charge is 2.14. The number of carboxylic acids is 2. The normalized spacial score (nSPS) is 10.2. The van der Waals surface area contributed by atoms with Crippen molar-refractivity contribution in [1.82, 2.24) is 0 Å². The Morgan fingerprint density at radius 2 is 1.53 bits per heavy atom. The predicted molar refractivity (Wildman–Crippen MR) is 67.3 cm³/mol. The number of carbonyl (C=O) groups is 2. The molecule has 0 amide bonds. The number of benzene rings is 1. The Morgan fingerprint density at radius 3 is 1.82 bits per heavy atom. The van der Waals surface area contributed by atoms with E-state index in [1.807, 2.05) is 0 Å². The molecule has 0 atom stereocenters. The quantitative estimate of drug-likeness (QED) is 0.790. The minimum atomic E-state index is -1.59. The van der Waals surface area contributed by atoms with Crippen LogP contribution in [0, 0.1) is 10.5 Å². The van der Waals surface area contributed by atoms with Gasteiger partial charge in [0, 0.05) is 0 Å². The fourth-order valence-corrected chi connectivity index (χ4v) is 2.86. The van der Waals surface area contributed by atoms with E-state index < -0.39 is 33.1 Å². The molecule has 1 aromatic carbocycles. The Morgan fingerprint density at radius 1 is 1.12 bits per heavy atom. The van der Waals surface area contributed by atoms with Gasteiger partial charge < -0.3 is 10.2 Å². The van der Waals surface area contributed by atoms with Gasteiger partial charge in [-0.3, -0.25) is 12.7 Å². The van der Waals surface area contributed by atoms with Crippen molar-refractivity contribution in [1.29, 1.82) is 0 Å². The van der Waals surface area contributed by atoms with Crippen LogP contribution in [0.5, 0.6) is 0 Å². The third-order valence-corrected chi connectivity index (χ3v) is 3.95. The van der Waals surface area contributed by atoms with E-state index in [1.165, 1.54) is 0 Å². The summed E-state index contributed by atoms with van der Waals surface area (Å²) in [5.74, 6) is -2.04. The van der Waals surface area contributed by atoms with Crippen molar-refractivity contribution in [2.75, 3.05) is 0 Å². The van der Waals surface area contributed by atoms with Crippen LogP contribution in [0.15, 0.2) is 12.1 Å². The van der Waals surface area contributed by atoms with E-state index in [-0.39, 0.29) is 12.8 Å². The van der Waals surface area contributed by atoms with E-state index in [1.54, 1.807) is 19.1 Å². The lowest BCUT2D eigenvalue weighted by Gasteiger charge is -2.08. The zero-order valence-corrected chi connectivity index (χ0v) is 11.2. The lowest BCUT2D eigenvalue weighted by atomic mass is 10.0. The molecule has 1 aromatic rings. The van der Waals surface area contributed by atoms with Crippen molar-refractivity contribution in [3.05, 3.63) is 32.4 Å². The smallest absolute Gasteiger partial charge is 0.307 e. The van der Waals surface area contributed by atoms with Crippen LogP contribution < -0.4 is 0 Å². The predicted octanol–water partition coefficient (Wildman–Crippen LogP) is 1.74. The van der Waals surface area contributed by atoms with Gasteiger partial charge in [-0.1, -0.05) is 17.7 Å². The maximum absolute atomic E-state index is 11.2. The molecule has 1 rings (SSSR count). The topological polar surface area (TPSA) is 91.7 Å². The summed E-state index contributed by atoms with van der Waals surface area (Å²) in [6.07, 6.45) is -0.461. The Balaban J connectivity index is 3.28. The fourth-order valence-electron chi connectivity index (χ4n) is 1.61. The zero-order chi connectivity index (χ0) is 13.0. The van der Waals surface area contributed by atoms with Crippen molar-refractivity contribution in [3.63, 3.8) is 0 Å². The number of hydrogen-bond donors (Lipinski definition) is 2. The molecular weight excluding hydrogens is 339 g/mol. The highest BCUT2D eigenvalue weighted by Crippen LogP contribution is 2.24. The van der Waals surface area contributed by atoms with Crippen LogP contribution in [-0.2, 0) is 25.5 Å². The van der Waals surface area contributed by atoms with Gasteiger partial charge in [-0.05, 0) is 18.1 Å². The summed E-state index contributed by atoms with van der Waals surface area (Å²) in [4.78, 5) is 21.4. The number of hydrogen-bond acceptors (Lipinski definition) is 3. The minimum absolute atomic E-state index is 0.231. The van der Waals surface area contributed by atoms with Gasteiger partial charge in [0.1, 0.15) is 0 Å². The second kappa shape index (κ2) is 5.85. The standard InChI is InChI=1S/C11H11IO5/c1-6-2-7(4-9(13)14)11(12-17)8(3-6)5-10(15)16/h2-3H,4-5H2,1H3,(H,13,14)(H,15,16). The van der Waals surface area contributed by atoms with E-state index in [2.05, 4.69) is 0 Å². The van der Waals surface area contributed by atoms with Gasteiger partial charge in [0.05, 0.1) is 16.4 Å². The maximum atomic E-state index is 11.2. The van der Waals surface area contributed by atoms with Crippen molar-refractivity contribution in [3.8, 4) is 0 Å². The third-order valence-electron chi connectivity index (χ3n) is 2.13. The molecule has 0 aliphatic heterocycles. The van der Waals surface area contributed by atoms with Gasteiger partial charge in [-0.15, -0.1) is 0 Å². The number of halogens is 1. The SMILES string of the molecule is Cc1cc(CC(=O)O)c(I=O)c(CC(=O)O)c1. The number of aryl methyl sites for hydroxylation is 1. The van der Waals surface area contributed by atoms with Crippen LogP contribution in [0.25, 0.3) is 0 Å². The molecule has 0 aliphatic carbocycles. The van der Waals surface area contributed by atoms with Crippen LogP contribution >= 0.6 is 21.2 Å². The molecule has 6 heteroatoms. The van der Waals surface area contributed by atoms with Crippen LogP contribution in [-0.4, -0.2) is 22.2 Å². The molecule has 0 saturated heterocycles. The fraction of sp³-hybridized carbons (Fsp3) is 0.273. The van der Waals surface area contributed by atoms with Gasteiger partial charge in [0.2, 0.25) is 0 Å². The Labute approximate surface area is 108 Å². The molecule has 2 N–H and O–H groups in total. The van der Waals surface area contributed by atoms with Gasteiger partial charge >= 0.3 is 11.9 Å². The lowest BCUT2D eigenvalue weighted by molar-refractivity contribution is -0.137. The number of carboxylic acid groups (broad SMARTS) is 2. The first kappa shape index (κ1) is 13.8. The molecule has 0 heterocycles. The number of aliphatic carboxylic acids is 2. The maximum Gasteiger partial charge on any atom is 0.307 e. The van der Waals surface area contributed by atoms with Crippen LogP contribution in [0.2, 0.25) is 0 Å². The van der Waals surface area contributed by atoms with Gasteiger partial charge in [0.25, 0.3) is 0 Å². The molecule has 0 radical (unpaired) electrons. The van der Waals surface area contributed by atoms with E-state index >= 15 is 0 Å². The molecule has 92 valence electrons. The molecule has 5 nitrogen and oxygen atoms in total. The summed E-state index contributed by atoms with van der Waals surface area (Å²) in [7, 11) is 0. The van der Waals surface area contributed by atoms with Crippen molar-refractivity contribution in [2.24, 2.45) is 0 Å². The Kier molecular flexibility index (Phi) is 4.73. The third kappa shape index (κ3) is 3.88. The first-order valence-corrected chi connectivity index (χ1v) is 6.73. The Bertz CT molecular complexity index is 444. The van der Waals surface area contributed by atoms with Crippen molar-refractivity contribution in [2.45, 2.75) is 19.8 Å². The molecule has 0 saturated carbocycles. The second-order valence-electron chi connectivity index (χ2n) is 3.62. The van der Waals surface area contributed by atoms with E-state index in [0.29, 0.717) is 14.7 Å². The second-order valence-corrected chi connectivity index (χ2v) is 5.13. The molecule has 0 unspecified atom stereocenters. The molecule has 17 heavy (non-hydrogen) atoms. The molecule has 0 fully saturated rings. The van der Waals surface area contributed by atoms with Crippen LogP contribution in [0.1, 0.15) is 16.7 Å². The van der Waals surface area contributed by atoms with E-state index in [0.717, 1.165) is 5.56 Å². The highest BCUT2D eigenvalue weighted by atomic mass is 127. The summed E-state index contributed by atoms with van der Waals surface area (Å²) < 4.78 is 11.6. The van der Waals surface area contributed by atoms with Crippen molar-refractivity contribution < 1.29 is 22.9 Å². The van der Waals surface area contributed by atoms with Crippen LogP contribution in [0.4, 0.5) is 0 Å². The molecule has 0 bridgehead atoms. The monoisotopic (exact) mass is 350 g/mol. The van der Waals surface area contributed by atoms with Crippen molar-refractivity contribution >= 4 is 33.1 Å². The van der Waals surface area contributed by atoms with Crippen LogP contribution in [0.3, 0.4) is 0 Å². The first-order chi connectivity index (χ1) is 7.93. The van der Waals surface area contributed by atoms with E-state index in [9.17, 15) is 12.7 Å². The summed E-state index contributed by atoms with van der Waals surface area (Å²) in [5, 5.41) is 17.5. The van der Waals surface area contributed by atoms with Gasteiger partial charge in [-0.2, -0.15) is 0 Å². The molecular formula is C11H11IO5. The largest absolute Gasteiger partial charge is 0.481 e. The molecule has 0 spiro atoms. The average molecular weight is 350 g/mol. The van der Waals surface area contributed by atoms with Gasteiger partial charge in [-0.25, -0.2) is 0 Å².